The van der Waals surface area contributed by atoms with Crippen LogP contribution in [0.25, 0.3) is 11.1 Å². The molecule has 1 aliphatic heterocycles. The Bertz CT molecular complexity index is 1180. The molecule has 8 heteroatoms. The number of carbonyl (C=O) groups excluding carboxylic acids is 2. The first-order valence-corrected chi connectivity index (χ1v) is 10.1. The fourth-order valence-electron chi connectivity index (χ4n) is 3.86. The maximum absolute atomic E-state index is 12.9. The van der Waals surface area contributed by atoms with Gasteiger partial charge in [0.1, 0.15) is 0 Å². The fraction of sp³-hybridized carbons (Fsp3) is 0.318. The Morgan fingerprint density at radius 1 is 1.27 bits per heavy atom. The van der Waals surface area contributed by atoms with E-state index in [1.165, 1.54) is 4.57 Å². The minimum atomic E-state index is -0.928. The van der Waals surface area contributed by atoms with Gasteiger partial charge in [-0.15, -0.1) is 0 Å². The maximum Gasteiger partial charge on any atom is 0.419 e. The molecule has 1 amide bonds. The maximum atomic E-state index is 12.9. The van der Waals surface area contributed by atoms with Gasteiger partial charge in [0.2, 0.25) is 0 Å². The van der Waals surface area contributed by atoms with Crippen molar-refractivity contribution in [2.24, 2.45) is 0 Å². The number of oxazole rings is 1. The van der Waals surface area contributed by atoms with Crippen molar-refractivity contribution in [3.05, 3.63) is 63.6 Å². The first-order valence-electron chi connectivity index (χ1n) is 9.74. The summed E-state index contributed by atoms with van der Waals surface area (Å²) in [4.78, 5) is 39.0. The Balaban J connectivity index is 1.41. The van der Waals surface area contributed by atoms with E-state index in [0.717, 1.165) is 17.7 Å². The van der Waals surface area contributed by atoms with E-state index in [1.54, 1.807) is 30.0 Å². The minimum Gasteiger partial charge on any atom is -0.452 e. The number of hydrogen-bond donors (Lipinski definition) is 0. The molecule has 0 aliphatic carbocycles. The molecule has 7 nitrogen and oxygen atoms in total. The molecule has 0 radical (unpaired) electrons. The van der Waals surface area contributed by atoms with E-state index in [4.69, 9.17) is 20.8 Å². The van der Waals surface area contributed by atoms with Crippen LogP contribution in [0.5, 0.6) is 0 Å². The number of halogens is 1. The number of rotatable bonds is 5. The number of carbonyl (C=O) groups is 2. The van der Waals surface area contributed by atoms with Gasteiger partial charge in [0.15, 0.2) is 11.7 Å². The second-order valence-corrected chi connectivity index (χ2v) is 7.84. The largest absolute Gasteiger partial charge is 0.452 e. The van der Waals surface area contributed by atoms with Crippen molar-refractivity contribution < 1.29 is 18.7 Å². The van der Waals surface area contributed by atoms with Crippen LogP contribution >= 0.6 is 11.6 Å². The molecule has 156 valence electrons. The molecule has 1 aliphatic rings. The molecule has 3 aromatic rings. The topological polar surface area (TPSA) is 81.7 Å². The summed E-state index contributed by atoms with van der Waals surface area (Å²) in [5.74, 6) is -1.40. The van der Waals surface area contributed by atoms with Crippen molar-refractivity contribution in [3.8, 4) is 0 Å². The molecule has 0 bridgehead atoms. The number of ether oxygens (including phenoxy) is 1. The van der Waals surface area contributed by atoms with Gasteiger partial charge in [-0.25, -0.2) is 4.79 Å². The Morgan fingerprint density at radius 2 is 2.03 bits per heavy atom. The van der Waals surface area contributed by atoms with Gasteiger partial charge in [0.25, 0.3) is 5.91 Å². The summed E-state index contributed by atoms with van der Waals surface area (Å²) in [5.41, 5.74) is 2.85. The van der Waals surface area contributed by atoms with Crippen molar-refractivity contribution in [2.75, 3.05) is 4.90 Å². The number of aryl methyl sites for hydroxylation is 1. The molecule has 30 heavy (non-hydrogen) atoms. The van der Waals surface area contributed by atoms with Crippen LogP contribution in [0.3, 0.4) is 0 Å². The monoisotopic (exact) mass is 428 g/mol. The number of fused-ring (bicyclic) bond motifs is 2. The van der Waals surface area contributed by atoms with Gasteiger partial charge in [-0.1, -0.05) is 29.8 Å². The summed E-state index contributed by atoms with van der Waals surface area (Å²) in [6.45, 7) is 3.61. The average Bonchev–Trinajstić information content (AvgIpc) is 3.20. The Kier molecular flexibility index (Phi) is 5.39. The van der Waals surface area contributed by atoms with Gasteiger partial charge in [0.05, 0.1) is 11.9 Å². The van der Waals surface area contributed by atoms with E-state index in [2.05, 4.69) is 0 Å². The van der Waals surface area contributed by atoms with Crippen LogP contribution in [0.4, 0.5) is 5.69 Å². The van der Waals surface area contributed by atoms with E-state index in [-0.39, 0.29) is 24.9 Å². The lowest BCUT2D eigenvalue weighted by molar-refractivity contribution is -0.154. The van der Waals surface area contributed by atoms with Crippen molar-refractivity contribution in [1.29, 1.82) is 0 Å². The van der Waals surface area contributed by atoms with Crippen LogP contribution in [-0.2, 0) is 27.3 Å². The normalized spacial score (nSPS) is 16.5. The third-order valence-corrected chi connectivity index (χ3v) is 5.51. The molecule has 4 rings (SSSR count). The molecule has 0 fully saturated rings. The lowest BCUT2D eigenvalue weighted by atomic mass is 10.1. The number of benzene rings is 2. The Labute approximate surface area is 177 Å². The van der Waals surface area contributed by atoms with Crippen molar-refractivity contribution in [3.63, 3.8) is 0 Å². The fourth-order valence-corrected chi connectivity index (χ4v) is 4.02. The first-order chi connectivity index (χ1) is 14.3. The molecular formula is C22H21ClN2O5. The molecule has 0 N–H and O–H groups in total. The third-order valence-electron chi connectivity index (χ3n) is 5.27. The number of anilines is 1. The van der Waals surface area contributed by atoms with Gasteiger partial charge in [-0.3, -0.25) is 14.2 Å². The van der Waals surface area contributed by atoms with E-state index in [1.807, 2.05) is 31.2 Å². The second kappa shape index (κ2) is 7.99. The quantitative estimate of drug-likeness (QED) is 0.580. The average molecular weight is 429 g/mol. The Morgan fingerprint density at radius 3 is 2.83 bits per heavy atom. The highest BCUT2D eigenvalue weighted by molar-refractivity contribution is 6.31. The van der Waals surface area contributed by atoms with Gasteiger partial charge < -0.3 is 14.1 Å². The number of para-hydroxylation sites is 1. The standard InChI is InChI=1S/C22H21ClN2O5/c1-13-11-15-5-3-4-6-17(15)25(13)21(27)14(2)29-20(26)9-10-24-18-8-7-16(23)12-19(18)30-22(24)28/h3-8,12-14H,9-11H2,1-2H3/t13-,14-/m0/s1. The van der Waals surface area contributed by atoms with Crippen molar-refractivity contribution >= 4 is 40.3 Å². The first kappa shape index (κ1) is 20.2. The zero-order chi connectivity index (χ0) is 21.4. The van der Waals surface area contributed by atoms with Crippen LogP contribution in [0.15, 0.2) is 51.7 Å². The smallest absolute Gasteiger partial charge is 0.419 e. The van der Waals surface area contributed by atoms with E-state index < -0.39 is 17.8 Å². The highest BCUT2D eigenvalue weighted by atomic mass is 35.5. The zero-order valence-corrected chi connectivity index (χ0v) is 17.4. The lowest BCUT2D eigenvalue weighted by Crippen LogP contribution is -2.43. The number of aromatic nitrogens is 1. The predicted molar refractivity (Wildman–Crippen MR) is 113 cm³/mol. The summed E-state index contributed by atoms with van der Waals surface area (Å²) in [7, 11) is 0. The molecular weight excluding hydrogens is 408 g/mol. The highest BCUT2D eigenvalue weighted by Gasteiger charge is 2.34. The van der Waals surface area contributed by atoms with E-state index in [9.17, 15) is 14.4 Å². The van der Waals surface area contributed by atoms with Crippen LogP contribution in [0.2, 0.25) is 5.02 Å². The van der Waals surface area contributed by atoms with Crippen molar-refractivity contribution in [2.45, 2.75) is 45.4 Å². The number of hydrogen-bond acceptors (Lipinski definition) is 5. The van der Waals surface area contributed by atoms with Crippen LogP contribution in [0.1, 0.15) is 25.8 Å². The van der Waals surface area contributed by atoms with Crippen LogP contribution in [0, 0.1) is 0 Å². The van der Waals surface area contributed by atoms with Gasteiger partial charge in [-0.2, -0.15) is 0 Å². The molecule has 2 aromatic carbocycles. The van der Waals surface area contributed by atoms with Gasteiger partial charge >= 0.3 is 11.7 Å². The summed E-state index contributed by atoms with van der Waals surface area (Å²) in [6, 6.07) is 12.6. The summed E-state index contributed by atoms with van der Waals surface area (Å²) in [6.07, 6.45) is -0.230. The summed E-state index contributed by atoms with van der Waals surface area (Å²) >= 11 is 5.91. The lowest BCUT2D eigenvalue weighted by Gasteiger charge is -2.25. The molecule has 0 spiro atoms. The van der Waals surface area contributed by atoms with Crippen LogP contribution < -0.4 is 10.7 Å². The van der Waals surface area contributed by atoms with E-state index >= 15 is 0 Å². The zero-order valence-electron chi connectivity index (χ0n) is 16.6. The number of nitrogens with zero attached hydrogens (tertiary/aromatic N) is 2. The Hall–Kier alpha value is -3.06. The molecule has 2 atom stereocenters. The van der Waals surface area contributed by atoms with Crippen LogP contribution in [-0.4, -0.2) is 28.6 Å². The van der Waals surface area contributed by atoms with Gasteiger partial charge in [-0.05, 0) is 44.0 Å². The summed E-state index contributed by atoms with van der Waals surface area (Å²) in [5, 5.41) is 0.452. The second-order valence-electron chi connectivity index (χ2n) is 7.40. The molecule has 0 saturated carbocycles. The number of esters is 1. The van der Waals surface area contributed by atoms with Crippen molar-refractivity contribution in [1.82, 2.24) is 4.57 Å². The van der Waals surface area contributed by atoms with E-state index in [0.29, 0.717) is 16.1 Å². The third kappa shape index (κ3) is 3.73. The highest BCUT2D eigenvalue weighted by Crippen LogP contribution is 2.32. The number of amides is 1. The molecule has 0 unspecified atom stereocenters. The minimum absolute atomic E-state index is 0.00116. The predicted octanol–water partition coefficient (Wildman–Crippen LogP) is 3.55. The molecule has 1 aromatic heterocycles. The SMILES string of the molecule is C[C@H](OC(=O)CCn1c(=O)oc2cc(Cl)ccc21)C(=O)N1c2ccccc2C[C@@H]1C. The molecule has 0 saturated heterocycles. The summed E-state index contributed by atoms with van der Waals surface area (Å²) < 4.78 is 11.9. The molecule has 2 heterocycles. The van der Waals surface area contributed by atoms with Gasteiger partial charge in [0, 0.05) is 29.4 Å².